The predicted octanol–water partition coefficient (Wildman–Crippen LogP) is 5.35. The molecule has 4 rings (SSSR count). The fourth-order valence-electron chi connectivity index (χ4n) is 4.13. The summed E-state index contributed by atoms with van der Waals surface area (Å²) < 4.78 is 41.6. The lowest BCUT2D eigenvalue weighted by Gasteiger charge is -2.27. The summed E-state index contributed by atoms with van der Waals surface area (Å²) >= 11 is 0. The normalized spacial score (nSPS) is 21.4. The molecule has 0 spiro atoms. The van der Waals surface area contributed by atoms with Gasteiger partial charge in [-0.2, -0.15) is 0 Å². The van der Waals surface area contributed by atoms with Crippen molar-refractivity contribution in [2.24, 2.45) is 0 Å². The van der Waals surface area contributed by atoms with Crippen LogP contribution in [0.15, 0.2) is 60.7 Å². The standard InChI is InChI=1S/C21H25N2.BF4/c1-3-9-18(10-4-1)15-22-17-23(16-19-11-5-2-6-12-19)21-14-8-7-13-20(21)22;2-1(3,4)5/h1-6,9-12,17,20-21H,7-8,13-16H2;/q+1;-1/t20-,21-;/m1./s1. The van der Waals surface area contributed by atoms with Gasteiger partial charge in [0.2, 0.25) is 6.34 Å². The lowest BCUT2D eigenvalue weighted by molar-refractivity contribution is -0.573. The molecule has 0 aromatic heterocycles. The molecule has 0 saturated heterocycles. The summed E-state index contributed by atoms with van der Waals surface area (Å²) in [7, 11) is -6.00. The molecule has 2 atom stereocenters. The third-order valence-corrected chi connectivity index (χ3v) is 5.26. The Kier molecular flexibility index (Phi) is 6.76. The smallest absolute Gasteiger partial charge is 0.418 e. The molecule has 0 N–H and O–H groups in total. The van der Waals surface area contributed by atoms with Crippen molar-refractivity contribution < 1.29 is 21.8 Å². The number of nitrogens with zero attached hydrogens (tertiary/aromatic N) is 2. The van der Waals surface area contributed by atoms with E-state index in [2.05, 4.69) is 76.5 Å². The van der Waals surface area contributed by atoms with Crippen LogP contribution >= 0.6 is 0 Å². The van der Waals surface area contributed by atoms with Crippen molar-refractivity contribution in [3.05, 3.63) is 71.8 Å². The van der Waals surface area contributed by atoms with Crippen molar-refractivity contribution in [2.45, 2.75) is 50.9 Å². The summed E-state index contributed by atoms with van der Waals surface area (Å²) in [6.07, 6.45) is 7.82. The van der Waals surface area contributed by atoms with Gasteiger partial charge in [0, 0.05) is 0 Å². The molecule has 1 aliphatic heterocycles. The van der Waals surface area contributed by atoms with Gasteiger partial charge in [0.1, 0.15) is 25.2 Å². The molecule has 7 heteroatoms. The highest BCUT2D eigenvalue weighted by molar-refractivity contribution is 6.50. The van der Waals surface area contributed by atoms with E-state index in [0.717, 1.165) is 13.1 Å². The number of fused-ring (bicyclic) bond motifs is 1. The first kappa shape index (κ1) is 20.4. The van der Waals surface area contributed by atoms with Gasteiger partial charge in [-0.05, 0) is 36.8 Å². The average molecular weight is 392 g/mol. The summed E-state index contributed by atoms with van der Waals surface area (Å²) in [6.45, 7) is 2.07. The van der Waals surface area contributed by atoms with Crippen molar-refractivity contribution in [3.8, 4) is 0 Å². The van der Waals surface area contributed by atoms with Gasteiger partial charge in [0.05, 0.1) is 0 Å². The van der Waals surface area contributed by atoms with Crippen LogP contribution in [0.2, 0.25) is 0 Å². The van der Waals surface area contributed by atoms with Crippen LogP contribution in [0.3, 0.4) is 0 Å². The molecule has 0 radical (unpaired) electrons. The summed E-state index contributed by atoms with van der Waals surface area (Å²) in [4.78, 5) is 2.59. The maximum atomic E-state index is 9.75. The Morgan fingerprint density at radius 2 is 1.36 bits per heavy atom. The van der Waals surface area contributed by atoms with Crippen molar-refractivity contribution >= 4 is 13.6 Å². The summed E-state index contributed by atoms with van der Waals surface area (Å²) in [5.41, 5.74) is 2.82. The molecule has 28 heavy (non-hydrogen) atoms. The zero-order chi connectivity index (χ0) is 20.0. The Labute approximate surface area is 163 Å². The molecule has 2 aromatic carbocycles. The molecule has 1 fully saturated rings. The zero-order valence-electron chi connectivity index (χ0n) is 15.7. The van der Waals surface area contributed by atoms with Gasteiger partial charge in [-0.15, -0.1) is 0 Å². The van der Waals surface area contributed by atoms with Crippen molar-refractivity contribution in [1.82, 2.24) is 4.90 Å². The van der Waals surface area contributed by atoms with Gasteiger partial charge < -0.3 is 17.3 Å². The number of hydrogen-bond donors (Lipinski definition) is 0. The van der Waals surface area contributed by atoms with Crippen LogP contribution in [0.25, 0.3) is 0 Å². The number of rotatable bonds is 4. The van der Waals surface area contributed by atoms with Crippen molar-refractivity contribution in [1.29, 1.82) is 0 Å². The van der Waals surface area contributed by atoms with Crippen LogP contribution in [0.1, 0.15) is 36.8 Å². The molecule has 150 valence electrons. The van der Waals surface area contributed by atoms with Crippen molar-refractivity contribution in [2.75, 3.05) is 0 Å². The number of benzene rings is 2. The Morgan fingerprint density at radius 3 is 1.96 bits per heavy atom. The Balaban J connectivity index is 0.000000403. The molecule has 1 aliphatic carbocycles. The summed E-state index contributed by atoms with van der Waals surface area (Å²) in [5.74, 6) is 0. The third-order valence-electron chi connectivity index (χ3n) is 5.26. The van der Waals surface area contributed by atoms with E-state index in [0.29, 0.717) is 12.1 Å². The molecule has 2 nitrogen and oxygen atoms in total. The second-order valence-electron chi connectivity index (χ2n) is 7.35. The topological polar surface area (TPSA) is 6.25 Å². The van der Waals surface area contributed by atoms with Gasteiger partial charge in [0.25, 0.3) is 0 Å². The zero-order valence-corrected chi connectivity index (χ0v) is 15.7. The second kappa shape index (κ2) is 9.26. The van der Waals surface area contributed by atoms with Gasteiger partial charge in [-0.1, -0.05) is 60.7 Å². The van der Waals surface area contributed by atoms with E-state index < -0.39 is 7.25 Å². The summed E-state index contributed by atoms with van der Waals surface area (Å²) in [6, 6.07) is 23.1. The Morgan fingerprint density at radius 1 is 0.821 bits per heavy atom. The van der Waals surface area contributed by atoms with E-state index in [1.54, 1.807) is 0 Å². The quantitative estimate of drug-likeness (QED) is 0.386. The molecule has 0 amide bonds. The molecular formula is C21H25BF4N2. The first-order valence-corrected chi connectivity index (χ1v) is 9.72. The molecule has 0 unspecified atom stereocenters. The molecule has 2 aromatic rings. The van der Waals surface area contributed by atoms with E-state index in [-0.39, 0.29) is 0 Å². The fraction of sp³-hybridized carbons (Fsp3) is 0.381. The van der Waals surface area contributed by atoms with Gasteiger partial charge >= 0.3 is 7.25 Å². The Hall–Kier alpha value is -2.31. The molecular weight excluding hydrogens is 367 g/mol. The highest BCUT2D eigenvalue weighted by Gasteiger charge is 2.42. The van der Waals surface area contributed by atoms with Crippen LogP contribution in [0, 0.1) is 0 Å². The minimum Gasteiger partial charge on any atom is -0.418 e. The highest BCUT2D eigenvalue weighted by Crippen LogP contribution is 2.30. The molecule has 1 saturated carbocycles. The maximum Gasteiger partial charge on any atom is 0.673 e. The van der Waals surface area contributed by atoms with E-state index in [9.17, 15) is 17.3 Å². The first-order valence-electron chi connectivity index (χ1n) is 9.72. The van der Waals surface area contributed by atoms with Crippen LogP contribution in [0.4, 0.5) is 17.3 Å². The highest BCUT2D eigenvalue weighted by atomic mass is 19.5. The molecule has 0 bridgehead atoms. The number of halogens is 4. The molecule has 2 aliphatic rings. The van der Waals surface area contributed by atoms with Gasteiger partial charge in [0.15, 0.2) is 0 Å². The third kappa shape index (κ3) is 6.11. The van der Waals surface area contributed by atoms with Crippen LogP contribution in [-0.2, 0) is 13.1 Å². The lowest BCUT2D eigenvalue weighted by atomic mass is 9.90. The monoisotopic (exact) mass is 392 g/mol. The van der Waals surface area contributed by atoms with Crippen LogP contribution in [-0.4, -0.2) is 35.2 Å². The minimum atomic E-state index is -6.00. The molecule has 1 heterocycles. The first-order chi connectivity index (χ1) is 13.4. The minimum absolute atomic E-state index is 0.688. The SMILES string of the molecule is C1=[N+](Cc2ccccc2)[C@@H]2CCCC[C@H]2N1Cc1ccccc1.F[B-](F)(F)F. The Bertz CT molecular complexity index is 759. The van der Waals surface area contributed by atoms with E-state index in [1.165, 1.54) is 36.8 Å². The summed E-state index contributed by atoms with van der Waals surface area (Å²) in [5, 5.41) is 0. The van der Waals surface area contributed by atoms with E-state index in [1.807, 2.05) is 0 Å². The van der Waals surface area contributed by atoms with Gasteiger partial charge in [-0.25, -0.2) is 0 Å². The fourth-order valence-corrected chi connectivity index (χ4v) is 4.13. The average Bonchev–Trinajstić information content (AvgIpc) is 3.00. The van der Waals surface area contributed by atoms with E-state index in [4.69, 9.17) is 0 Å². The largest absolute Gasteiger partial charge is 0.673 e. The number of hydrogen-bond acceptors (Lipinski definition) is 1. The van der Waals surface area contributed by atoms with E-state index >= 15 is 0 Å². The lowest BCUT2D eigenvalue weighted by Crippen LogP contribution is -2.40. The van der Waals surface area contributed by atoms with Crippen LogP contribution in [0.5, 0.6) is 0 Å². The second-order valence-corrected chi connectivity index (χ2v) is 7.35. The van der Waals surface area contributed by atoms with Crippen molar-refractivity contribution in [3.63, 3.8) is 0 Å². The van der Waals surface area contributed by atoms with Crippen LogP contribution < -0.4 is 0 Å². The van der Waals surface area contributed by atoms with Gasteiger partial charge in [-0.3, -0.25) is 9.48 Å². The predicted molar refractivity (Wildman–Crippen MR) is 105 cm³/mol. The maximum absolute atomic E-state index is 9.75.